The molecule has 6 heteroatoms. The minimum Gasteiger partial charge on any atom is -0.300 e. The number of hydrogen-bond acceptors (Lipinski definition) is 2. The number of anilines is 1. The zero-order valence-electron chi connectivity index (χ0n) is 10.6. The van der Waals surface area contributed by atoms with Gasteiger partial charge in [-0.1, -0.05) is 6.07 Å². The van der Waals surface area contributed by atoms with Crippen molar-refractivity contribution in [3.8, 4) is 0 Å². The lowest BCUT2D eigenvalue weighted by Crippen LogP contribution is -2.29. The molecule has 0 aliphatic carbocycles. The highest BCUT2D eigenvalue weighted by Crippen LogP contribution is 2.35. The lowest BCUT2D eigenvalue weighted by Gasteiger charge is -2.16. The topological polar surface area (TPSA) is 37.4 Å². The molecule has 2 aromatic carbocycles. The Morgan fingerprint density at radius 1 is 1.05 bits per heavy atom. The third kappa shape index (κ3) is 2.35. The summed E-state index contributed by atoms with van der Waals surface area (Å²) >= 11 is 3.23. The van der Waals surface area contributed by atoms with E-state index in [0.717, 1.165) is 18.2 Å². The Bertz CT molecular complexity index is 756. The van der Waals surface area contributed by atoms with E-state index in [2.05, 4.69) is 15.9 Å². The van der Waals surface area contributed by atoms with E-state index < -0.39 is 23.3 Å². The summed E-state index contributed by atoms with van der Waals surface area (Å²) in [5, 5.41) is 0. The van der Waals surface area contributed by atoms with E-state index in [1.807, 2.05) is 0 Å². The Kier molecular flexibility index (Phi) is 3.33. The van der Waals surface area contributed by atoms with Gasteiger partial charge in [-0.3, -0.25) is 9.59 Å². The highest BCUT2D eigenvalue weighted by Gasteiger charge is 2.37. The van der Waals surface area contributed by atoms with Gasteiger partial charge in [0.2, 0.25) is 0 Å². The summed E-state index contributed by atoms with van der Waals surface area (Å²) in [6, 6.07) is 8.00. The van der Waals surface area contributed by atoms with E-state index in [0.29, 0.717) is 10.2 Å². The second-order valence-corrected chi connectivity index (χ2v) is 5.49. The fourth-order valence-electron chi connectivity index (χ4n) is 2.34. The highest BCUT2D eigenvalue weighted by molar-refractivity contribution is 9.10. The molecule has 0 unspecified atom stereocenters. The normalized spacial score (nSPS) is 13.8. The molecule has 2 aromatic rings. The highest BCUT2D eigenvalue weighted by atomic mass is 79.9. The molecule has 0 bridgehead atoms. The molecule has 0 atom stereocenters. The number of ketones is 1. The summed E-state index contributed by atoms with van der Waals surface area (Å²) in [6.07, 6.45) is 0. The van der Waals surface area contributed by atoms with Crippen molar-refractivity contribution in [2.45, 2.75) is 6.54 Å². The maximum atomic E-state index is 13.2. The number of benzene rings is 2. The zero-order valence-corrected chi connectivity index (χ0v) is 12.2. The predicted molar refractivity (Wildman–Crippen MR) is 76.0 cm³/mol. The third-order valence-electron chi connectivity index (χ3n) is 3.21. The lowest BCUT2D eigenvalue weighted by atomic mass is 10.1. The molecule has 0 radical (unpaired) electrons. The molecule has 0 saturated heterocycles. The van der Waals surface area contributed by atoms with Crippen LogP contribution in [0.4, 0.5) is 14.5 Å². The number of halogens is 3. The first-order valence-electron chi connectivity index (χ1n) is 6.07. The fraction of sp³-hybridized carbons (Fsp3) is 0.0667. The van der Waals surface area contributed by atoms with Crippen molar-refractivity contribution in [2.24, 2.45) is 0 Å². The van der Waals surface area contributed by atoms with Crippen LogP contribution in [0.5, 0.6) is 0 Å². The number of nitrogens with zero attached hydrogens (tertiary/aromatic N) is 1. The van der Waals surface area contributed by atoms with E-state index >= 15 is 0 Å². The van der Waals surface area contributed by atoms with Gasteiger partial charge in [0, 0.05) is 10.5 Å². The minimum absolute atomic E-state index is 0.0668. The average Bonchev–Trinajstić information content (AvgIpc) is 2.64. The van der Waals surface area contributed by atoms with Crippen molar-refractivity contribution in [3.05, 3.63) is 63.6 Å². The van der Waals surface area contributed by atoms with Crippen molar-refractivity contribution >= 4 is 33.3 Å². The van der Waals surface area contributed by atoms with E-state index in [1.54, 1.807) is 18.2 Å². The maximum absolute atomic E-state index is 13.2. The van der Waals surface area contributed by atoms with Crippen LogP contribution in [0.2, 0.25) is 0 Å². The molecule has 1 aliphatic rings. The zero-order chi connectivity index (χ0) is 15.1. The first kappa shape index (κ1) is 13.9. The van der Waals surface area contributed by atoms with Crippen LogP contribution in [0.15, 0.2) is 40.9 Å². The average molecular weight is 352 g/mol. The van der Waals surface area contributed by atoms with Gasteiger partial charge in [-0.2, -0.15) is 0 Å². The van der Waals surface area contributed by atoms with Gasteiger partial charge in [0.05, 0.1) is 17.8 Å². The largest absolute Gasteiger partial charge is 0.300 e. The second-order valence-electron chi connectivity index (χ2n) is 4.63. The first-order valence-corrected chi connectivity index (χ1v) is 6.86. The third-order valence-corrected chi connectivity index (χ3v) is 3.87. The van der Waals surface area contributed by atoms with Crippen LogP contribution in [0, 0.1) is 11.6 Å². The summed E-state index contributed by atoms with van der Waals surface area (Å²) in [4.78, 5) is 25.3. The van der Waals surface area contributed by atoms with Crippen LogP contribution in [0.3, 0.4) is 0 Å². The van der Waals surface area contributed by atoms with E-state index in [9.17, 15) is 18.4 Å². The molecule has 3 rings (SSSR count). The molecule has 0 N–H and O–H groups in total. The molecule has 0 aromatic heterocycles. The van der Waals surface area contributed by atoms with Crippen LogP contribution < -0.4 is 4.90 Å². The molecule has 21 heavy (non-hydrogen) atoms. The van der Waals surface area contributed by atoms with Crippen LogP contribution >= 0.6 is 15.9 Å². The SMILES string of the molecule is O=C1C(=O)N(Cc2cc(F)cc(F)c2)c2cccc(Br)c21. The number of Topliss-reactive ketones (excluding diaryl/α,β-unsaturated/α-hetero) is 1. The molecule has 1 aliphatic heterocycles. The van der Waals surface area contributed by atoms with Crippen LogP contribution in [0.1, 0.15) is 15.9 Å². The number of rotatable bonds is 2. The number of fused-ring (bicyclic) bond motifs is 1. The Morgan fingerprint density at radius 2 is 1.71 bits per heavy atom. The van der Waals surface area contributed by atoms with Gasteiger partial charge < -0.3 is 4.90 Å². The van der Waals surface area contributed by atoms with Gasteiger partial charge in [0.15, 0.2) is 0 Å². The molecule has 1 heterocycles. The van der Waals surface area contributed by atoms with E-state index in [4.69, 9.17) is 0 Å². The lowest BCUT2D eigenvalue weighted by molar-refractivity contribution is -0.114. The fourth-order valence-corrected chi connectivity index (χ4v) is 2.88. The second kappa shape index (κ2) is 5.04. The molecule has 0 fully saturated rings. The maximum Gasteiger partial charge on any atom is 0.299 e. The molecule has 3 nitrogen and oxygen atoms in total. The summed E-state index contributed by atoms with van der Waals surface area (Å²) in [5.74, 6) is -2.79. The van der Waals surface area contributed by atoms with Crippen LogP contribution in [-0.2, 0) is 11.3 Å². The summed E-state index contributed by atoms with van der Waals surface area (Å²) < 4.78 is 27.0. The number of carbonyl (C=O) groups is 2. The van der Waals surface area contributed by atoms with E-state index in [1.165, 1.54) is 4.90 Å². The summed E-state index contributed by atoms with van der Waals surface area (Å²) in [5.41, 5.74) is 0.991. The minimum atomic E-state index is -0.725. The van der Waals surface area contributed by atoms with Crippen molar-refractivity contribution < 1.29 is 18.4 Å². The van der Waals surface area contributed by atoms with Gasteiger partial charge >= 0.3 is 0 Å². The van der Waals surface area contributed by atoms with Gasteiger partial charge in [-0.15, -0.1) is 0 Å². The summed E-state index contributed by atoms with van der Waals surface area (Å²) in [7, 11) is 0. The molecule has 106 valence electrons. The first-order chi connectivity index (χ1) is 9.97. The number of carbonyl (C=O) groups excluding carboxylic acids is 2. The van der Waals surface area contributed by atoms with Crippen LogP contribution in [0.25, 0.3) is 0 Å². The smallest absolute Gasteiger partial charge is 0.299 e. The monoisotopic (exact) mass is 351 g/mol. The Labute approximate surface area is 127 Å². The Balaban J connectivity index is 2.02. The molecular weight excluding hydrogens is 344 g/mol. The Hall–Kier alpha value is -2.08. The summed E-state index contributed by atoms with van der Waals surface area (Å²) in [6.45, 7) is -0.0668. The van der Waals surface area contributed by atoms with Gasteiger partial charge in [-0.05, 0) is 45.8 Å². The van der Waals surface area contributed by atoms with Gasteiger partial charge in [0.1, 0.15) is 11.6 Å². The van der Waals surface area contributed by atoms with Crippen molar-refractivity contribution in [1.29, 1.82) is 0 Å². The van der Waals surface area contributed by atoms with Crippen LogP contribution in [-0.4, -0.2) is 11.7 Å². The standard InChI is InChI=1S/C15H8BrF2NO2/c16-11-2-1-3-12-13(11)14(20)15(21)19(12)7-8-4-9(17)6-10(18)5-8/h1-6H,7H2. The van der Waals surface area contributed by atoms with Gasteiger partial charge in [0.25, 0.3) is 11.7 Å². The molecule has 0 spiro atoms. The Morgan fingerprint density at radius 3 is 2.38 bits per heavy atom. The predicted octanol–water partition coefficient (Wildman–Crippen LogP) is 3.46. The number of amides is 1. The quantitative estimate of drug-likeness (QED) is 0.777. The molecule has 1 amide bonds. The number of hydrogen-bond donors (Lipinski definition) is 0. The van der Waals surface area contributed by atoms with Crippen molar-refractivity contribution in [1.82, 2.24) is 0 Å². The van der Waals surface area contributed by atoms with E-state index in [-0.39, 0.29) is 17.7 Å². The van der Waals surface area contributed by atoms with Crippen molar-refractivity contribution in [2.75, 3.05) is 4.90 Å². The molecular formula is C15H8BrF2NO2. The molecule has 0 saturated carbocycles. The van der Waals surface area contributed by atoms with Crippen molar-refractivity contribution in [3.63, 3.8) is 0 Å². The van der Waals surface area contributed by atoms with Gasteiger partial charge in [-0.25, -0.2) is 8.78 Å².